The fraction of sp³-hybridized carbons (Fsp3) is 0.529. The number of piperidine rings is 1. The van der Waals surface area contributed by atoms with Crippen LogP contribution in [0, 0.1) is 20.8 Å². The maximum Gasteiger partial charge on any atom is 0.261 e. The maximum absolute atomic E-state index is 12.7. The van der Waals surface area contributed by atoms with Gasteiger partial charge in [0.05, 0.1) is 11.4 Å². The number of primary amides is 1. The van der Waals surface area contributed by atoms with Gasteiger partial charge < -0.3 is 11.1 Å². The van der Waals surface area contributed by atoms with Crippen LogP contribution in [0.1, 0.15) is 39.6 Å². The number of nitrogens with one attached hydrogen (secondary N) is 1. The summed E-state index contributed by atoms with van der Waals surface area (Å²) in [5, 5.41) is 4.11. The third-order valence-corrected chi connectivity index (χ3v) is 5.78. The number of carbonyl (C=O) groups is 2. The molecule has 2 aromatic heterocycles. The number of rotatable bonds is 4. The van der Waals surface area contributed by atoms with E-state index in [1.54, 1.807) is 0 Å². The van der Waals surface area contributed by atoms with Crippen molar-refractivity contribution in [2.45, 2.75) is 39.7 Å². The number of aryl methyl sites for hydroxylation is 3. The molecule has 3 heterocycles. The van der Waals surface area contributed by atoms with Crippen molar-refractivity contribution in [1.82, 2.24) is 20.2 Å². The minimum atomic E-state index is -0.310. The number of amides is 2. The van der Waals surface area contributed by atoms with E-state index in [0.717, 1.165) is 53.2 Å². The standard InChI is InChI=1S/C17H23N5O2S/c1-9-14-10(2)19-11(3)20-17(14)25-15(9)16(24)21-12-4-6-22(7-5-12)8-13(18)23/h12H,4-8H2,1-3H3,(H2,18,23)(H,21,24). The Bertz CT molecular complexity index is 824. The first kappa shape index (κ1) is 17.8. The van der Waals surface area contributed by atoms with Crippen LogP contribution in [0.25, 0.3) is 10.2 Å². The Kier molecular flexibility index (Phi) is 5.01. The van der Waals surface area contributed by atoms with E-state index in [1.165, 1.54) is 11.3 Å². The van der Waals surface area contributed by atoms with Gasteiger partial charge >= 0.3 is 0 Å². The lowest BCUT2D eigenvalue weighted by Gasteiger charge is -2.31. The predicted octanol–water partition coefficient (Wildman–Crippen LogP) is 1.30. The molecule has 1 aliphatic rings. The van der Waals surface area contributed by atoms with Gasteiger partial charge in [-0.05, 0) is 39.2 Å². The SMILES string of the molecule is Cc1nc(C)c2c(C)c(C(=O)NC3CCN(CC(N)=O)CC3)sc2n1. The number of nitrogens with two attached hydrogens (primary N) is 1. The largest absolute Gasteiger partial charge is 0.369 e. The van der Waals surface area contributed by atoms with Crippen molar-refractivity contribution in [2.75, 3.05) is 19.6 Å². The molecule has 1 saturated heterocycles. The average Bonchev–Trinajstić information content (AvgIpc) is 2.85. The van der Waals surface area contributed by atoms with Crippen molar-refractivity contribution in [1.29, 1.82) is 0 Å². The Labute approximate surface area is 150 Å². The van der Waals surface area contributed by atoms with Crippen LogP contribution < -0.4 is 11.1 Å². The molecule has 25 heavy (non-hydrogen) atoms. The molecular weight excluding hydrogens is 338 g/mol. The van der Waals surface area contributed by atoms with E-state index in [9.17, 15) is 9.59 Å². The second kappa shape index (κ2) is 7.05. The van der Waals surface area contributed by atoms with Crippen LogP contribution in [-0.4, -0.2) is 52.4 Å². The Hall–Kier alpha value is -2.06. The zero-order valence-corrected chi connectivity index (χ0v) is 15.6. The zero-order chi connectivity index (χ0) is 18.1. The highest BCUT2D eigenvalue weighted by Gasteiger charge is 2.24. The molecule has 2 aromatic rings. The molecule has 0 aromatic carbocycles. The molecule has 7 nitrogen and oxygen atoms in total. The summed E-state index contributed by atoms with van der Waals surface area (Å²) >= 11 is 1.42. The summed E-state index contributed by atoms with van der Waals surface area (Å²) in [5.41, 5.74) is 7.09. The number of thiophene rings is 1. The van der Waals surface area contributed by atoms with Crippen molar-refractivity contribution in [2.24, 2.45) is 5.73 Å². The number of carbonyl (C=O) groups excluding carboxylic acids is 2. The molecule has 0 unspecified atom stereocenters. The first-order valence-electron chi connectivity index (χ1n) is 8.41. The van der Waals surface area contributed by atoms with Crippen LogP contribution >= 0.6 is 11.3 Å². The lowest BCUT2D eigenvalue weighted by Crippen LogP contribution is -2.46. The van der Waals surface area contributed by atoms with Crippen molar-refractivity contribution in [3.63, 3.8) is 0 Å². The minimum absolute atomic E-state index is 0.0501. The lowest BCUT2D eigenvalue weighted by atomic mass is 10.0. The van der Waals surface area contributed by atoms with Crippen LogP contribution in [-0.2, 0) is 4.79 Å². The molecule has 3 N–H and O–H groups in total. The normalized spacial score (nSPS) is 16.3. The second-order valence-corrected chi connectivity index (χ2v) is 7.58. The van der Waals surface area contributed by atoms with E-state index in [1.807, 2.05) is 25.7 Å². The molecule has 2 amide bonds. The monoisotopic (exact) mass is 361 g/mol. The summed E-state index contributed by atoms with van der Waals surface area (Å²) < 4.78 is 0. The highest BCUT2D eigenvalue weighted by atomic mass is 32.1. The molecule has 0 aliphatic carbocycles. The summed E-state index contributed by atoms with van der Waals surface area (Å²) in [6, 6.07) is 0.121. The molecule has 0 radical (unpaired) electrons. The molecule has 1 fully saturated rings. The Morgan fingerprint density at radius 2 is 1.92 bits per heavy atom. The predicted molar refractivity (Wildman–Crippen MR) is 97.7 cm³/mol. The van der Waals surface area contributed by atoms with Gasteiger partial charge in [0.15, 0.2) is 0 Å². The summed E-state index contributed by atoms with van der Waals surface area (Å²) in [6.45, 7) is 7.59. The van der Waals surface area contributed by atoms with Crippen molar-refractivity contribution < 1.29 is 9.59 Å². The lowest BCUT2D eigenvalue weighted by molar-refractivity contribution is -0.119. The molecule has 0 saturated carbocycles. The van der Waals surface area contributed by atoms with Crippen LogP contribution in [0.3, 0.4) is 0 Å². The smallest absolute Gasteiger partial charge is 0.261 e. The molecular formula is C17H23N5O2S. The first-order valence-corrected chi connectivity index (χ1v) is 9.22. The summed E-state index contributed by atoms with van der Waals surface area (Å²) in [7, 11) is 0. The Balaban J connectivity index is 1.70. The first-order chi connectivity index (χ1) is 11.8. The van der Waals surface area contributed by atoms with Gasteiger partial charge in [0, 0.05) is 30.2 Å². The molecule has 8 heteroatoms. The molecule has 3 rings (SSSR count). The van der Waals surface area contributed by atoms with Gasteiger partial charge in [0.2, 0.25) is 5.91 Å². The van der Waals surface area contributed by atoms with E-state index in [0.29, 0.717) is 4.88 Å². The van der Waals surface area contributed by atoms with Gasteiger partial charge in [-0.25, -0.2) is 9.97 Å². The second-order valence-electron chi connectivity index (χ2n) is 6.58. The Morgan fingerprint density at radius 3 is 2.56 bits per heavy atom. The van der Waals surface area contributed by atoms with Crippen molar-refractivity contribution >= 4 is 33.4 Å². The topological polar surface area (TPSA) is 101 Å². The molecule has 1 aliphatic heterocycles. The van der Waals surface area contributed by atoms with Crippen LogP contribution in [0.5, 0.6) is 0 Å². The Morgan fingerprint density at radius 1 is 1.24 bits per heavy atom. The van der Waals surface area contributed by atoms with E-state index in [2.05, 4.69) is 15.3 Å². The minimum Gasteiger partial charge on any atom is -0.369 e. The summed E-state index contributed by atoms with van der Waals surface area (Å²) in [6.07, 6.45) is 1.64. The quantitative estimate of drug-likeness (QED) is 0.855. The van der Waals surface area contributed by atoms with Gasteiger partial charge in [0.1, 0.15) is 10.7 Å². The number of hydrogen-bond acceptors (Lipinski definition) is 6. The van der Waals surface area contributed by atoms with E-state index in [4.69, 9.17) is 5.73 Å². The van der Waals surface area contributed by atoms with E-state index >= 15 is 0 Å². The summed E-state index contributed by atoms with van der Waals surface area (Å²) in [5.74, 6) is 0.362. The van der Waals surface area contributed by atoms with Crippen molar-refractivity contribution in [3.05, 3.63) is 22.0 Å². The highest BCUT2D eigenvalue weighted by molar-refractivity contribution is 7.20. The van der Waals surface area contributed by atoms with Gasteiger partial charge in [-0.15, -0.1) is 11.3 Å². The number of likely N-dealkylation sites (tertiary alicyclic amines) is 1. The number of nitrogens with zero attached hydrogens (tertiary/aromatic N) is 3. The number of hydrogen-bond donors (Lipinski definition) is 2. The fourth-order valence-electron chi connectivity index (χ4n) is 3.40. The average molecular weight is 361 g/mol. The highest BCUT2D eigenvalue weighted by Crippen LogP contribution is 2.31. The fourth-order valence-corrected chi connectivity index (χ4v) is 4.58. The van der Waals surface area contributed by atoms with Gasteiger partial charge in [-0.3, -0.25) is 14.5 Å². The van der Waals surface area contributed by atoms with Crippen LogP contribution in [0.4, 0.5) is 0 Å². The van der Waals surface area contributed by atoms with Crippen molar-refractivity contribution in [3.8, 4) is 0 Å². The molecule has 0 spiro atoms. The van der Waals surface area contributed by atoms with Gasteiger partial charge in [0.25, 0.3) is 5.91 Å². The van der Waals surface area contributed by atoms with Gasteiger partial charge in [-0.1, -0.05) is 0 Å². The molecule has 0 bridgehead atoms. The third-order valence-electron chi connectivity index (χ3n) is 4.59. The number of aromatic nitrogens is 2. The van der Waals surface area contributed by atoms with Gasteiger partial charge in [-0.2, -0.15) is 0 Å². The third kappa shape index (κ3) is 3.80. The molecule has 134 valence electrons. The van der Waals surface area contributed by atoms with Crippen LogP contribution in [0.2, 0.25) is 0 Å². The number of fused-ring (bicyclic) bond motifs is 1. The molecule has 0 atom stereocenters. The van der Waals surface area contributed by atoms with E-state index < -0.39 is 0 Å². The zero-order valence-electron chi connectivity index (χ0n) is 14.8. The van der Waals surface area contributed by atoms with Crippen LogP contribution in [0.15, 0.2) is 0 Å². The van der Waals surface area contributed by atoms with E-state index in [-0.39, 0.29) is 24.4 Å². The summed E-state index contributed by atoms with van der Waals surface area (Å²) in [4.78, 5) is 36.2. The maximum atomic E-state index is 12.7.